The first kappa shape index (κ1) is 23.1. The molecule has 0 bridgehead atoms. The number of hydrogen-bond acceptors (Lipinski definition) is 3. The van der Waals surface area contributed by atoms with Crippen molar-refractivity contribution in [3.8, 4) is 0 Å². The number of alkyl carbamates (subject to hydrolysis) is 1. The van der Waals surface area contributed by atoms with E-state index in [-0.39, 0.29) is 0 Å². The summed E-state index contributed by atoms with van der Waals surface area (Å²) in [6, 6.07) is -4.13. The number of alkyl halides is 9. The van der Waals surface area contributed by atoms with Crippen molar-refractivity contribution in [1.29, 1.82) is 0 Å². The van der Waals surface area contributed by atoms with Crippen LogP contribution in [0.4, 0.5) is 44.3 Å². The van der Waals surface area contributed by atoms with Crippen molar-refractivity contribution in [2.45, 2.75) is 56.4 Å². The number of ether oxygens (including phenoxy) is 1. The molecule has 1 atom stereocenters. The fourth-order valence-electron chi connectivity index (χ4n) is 1.30. The SMILES string of the molecule is CC(C)(C)OC(=O)NC(C(=O)O)C(F)(F)C(F)(F)C(F)(F)C(F)(F)F. The zero-order chi connectivity index (χ0) is 20.6. The fraction of sp³-hybridized carbons (Fsp3) is 0.818. The van der Waals surface area contributed by atoms with Gasteiger partial charge in [-0.15, -0.1) is 0 Å². The molecule has 5 nitrogen and oxygen atoms in total. The van der Waals surface area contributed by atoms with Crippen LogP contribution < -0.4 is 5.32 Å². The van der Waals surface area contributed by atoms with Gasteiger partial charge in [0.05, 0.1) is 0 Å². The molecule has 0 aliphatic rings. The van der Waals surface area contributed by atoms with Gasteiger partial charge in [0, 0.05) is 0 Å². The Bertz CT molecular complexity index is 525. The predicted octanol–water partition coefficient (Wildman–Crippen LogP) is 3.43. The maximum absolute atomic E-state index is 13.6. The maximum atomic E-state index is 13.6. The molecule has 0 saturated carbocycles. The summed E-state index contributed by atoms with van der Waals surface area (Å²) in [4.78, 5) is 21.9. The number of carbonyl (C=O) groups excluding carboxylic acids is 1. The molecule has 0 saturated heterocycles. The summed E-state index contributed by atoms with van der Waals surface area (Å²) in [5, 5.41) is 9.13. The van der Waals surface area contributed by atoms with Crippen molar-refractivity contribution in [1.82, 2.24) is 5.32 Å². The Morgan fingerprint density at radius 3 is 1.56 bits per heavy atom. The molecule has 0 fully saturated rings. The fourth-order valence-corrected chi connectivity index (χ4v) is 1.30. The second kappa shape index (κ2) is 6.44. The quantitative estimate of drug-likeness (QED) is 0.702. The lowest BCUT2D eigenvalue weighted by Crippen LogP contribution is -2.69. The van der Waals surface area contributed by atoms with Crippen molar-refractivity contribution in [3.05, 3.63) is 0 Å². The highest BCUT2D eigenvalue weighted by Gasteiger charge is 2.84. The number of amides is 1. The van der Waals surface area contributed by atoms with Gasteiger partial charge in [0.2, 0.25) is 6.04 Å². The van der Waals surface area contributed by atoms with Gasteiger partial charge in [-0.2, -0.15) is 39.5 Å². The minimum absolute atomic E-state index is 0.652. The van der Waals surface area contributed by atoms with Crippen LogP contribution >= 0.6 is 0 Å². The molecule has 148 valence electrons. The number of carboxylic acid groups (broad SMARTS) is 1. The lowest BCUT2D eigenvalue weighted by atomic mass is 9.97. The van der Waals surface area contributed by atoms with Crippen LogP contribution in [-0.4, -0.2) is 52.8 Å². The molecule has 0 aliphatic heterocycles. The van der Waals surface area contributed by atoms with Gasteiger partial charge < -0.3 is 15.2 Å². The molecule has 0 spiro atoms. The van der Waals surface area contributed by atoms with Gasteiger partial charge in [-0.1, -0.05) is 0 Å². The molecule has 14 heteroatoms. The lowest BCUT2D eigenvalue weighted by molar-refractivity contribution is -0.398. The average Bonchev–Trinajstić information content (AvgIpc) is 2.31. The van der Waals surface area contributed by atoms with E-state index in [0.717, 1.165) is 20.8 Å². The molecule has 0 aromatic heterocycles. The normalized spacial score (nSPS) is 15.5. The van der Waals surface area contributed by atoms with Crippen LogP contribution in [-0.2, 0) is 9.53 Å². The van der Waals surface area contributed by atoms with E-state index in [2.05, 4.69) is 4.74 Å². The molecule has 0 radical (unpaired) electrons. The van der Waals surface area contributed by atoms with E-state index in [9.17, 15) is 49.1 Å². The Labute approximate surface area is 134 Å². The molecule has 0 aromatic rings. The maximum Gasteiger partial charge on any atom is 0.460 e. The van der Waals surface area contributed by atoms with Crippen LogP contribution in [0, 0.1) is 0 Å². The van der Waals surface area contributed by atoms with Gasteiger partial charge in [-0.25, -0.2) is 9.59 Å². The Hall–Kier alpha value is -1.89. The summed E-state index contributed by atoms with van der Waals surface area (Å²) in [6.45, 7) is 3.44. The third-order valence-corrected chi connectivity index (χ3v) is 2.44. The molecule has 0 aliphatic carbocycles. The summed E-state index contributed by atoms with van der Waals surface area (Å²) in [6.07, 6.45) is -9.17. The van der Waals surface area contributed by atoms with Gasteiger partial charge >= 0.3 is 36.0 Å². The van der Waals surface area contributed by atoms with E-state index >= 15 is 0 Å². The minimum Gasteiger partial charge on any atom is -0.480 e. The van der Waals surface area contributed by atoms with Gasteiger partial charge in [0.25, 0.3) is 0 Å². The zero-order valence-electron chi connectivity index (χ0n) is 12.7. The molecule has 0 heterocycles. The summed E-state index contributed by atoms with van der Waals surface area (Å²) in [7, 11) is 0. The molecule has 0 rings (SSSR count). The minimum atomic E-state index is -7.28. The highest BCUT2D eigenvalue weighted by molar-refractivity contribution is 5.81. The van der Waals surface area contributed by atoms with E-state index in [1.54, 1.807) is 0 Å². The zero-order valence-corrected chi connectivity index (χ0v) is 12.7. The monoisotopic (exact) mass is 393 g/mol. The topological polar surface area (TPSA) is 75.6 Å². The average molecular weight is 393 g/mol. The Morgan fingerprint density at radius 1 is 0.880 bits per heavy atom. The molecule has 25 heavy (non-hydrogen) atoms. The van der Waals surface area contributed by atoms with Crippen molar-refractivity contribution >= 4 is 12.1 Å². The lowest BCUT2D eigenvalue weighted by Gasteiger charge is -2.36. The summed E-state index contributed by atoms with van der Waals surface area (Å²) in [5.41, 5.74) is -1.44. The van der Waals surface area contributed by atoms with Crippen LogP contribution in [0.5, 0.6) is 0 Å². The highest BCUT2D eigenvalue weighted by Crippen LogP contribution is 2.54. The standard InChI is InChI=1S/C11H12F9NO4/c1-7(2,3)25-6(24)21-4(5(22)23)8(12,13)9(14,15)10(16,17)11(18,19)20/h4H,1-3H3,(H,21,24)(H,22,23). The van der Waals surface area contributed by atoms with Crippen LogP contribution in [0.15, 0.2) is 0 Å². The summed E-state index contributed by atoms with van der Waals surface area (Å²) >= 11 is 0. The molecular weight excluding hydrogens is 381 g/mol. The molecule has 2 N–H and O–H groups in total. The van der Waals surface area contributed by atoms with E-state index in [0.29, 0.717) is 5.32 Å². The van der Waals surface area contributed by atoms with Gasteiger partial charge in [-0.05, 0) is 20.8 Å². The van der Waals surface area contributed by atoms with E-state index in [1.807, 2.05) is 0 Å². The van der Waals surface area contributed by atoms with Crippen LogP contribution in [0.1, 0.15) is 20.8 Å². The van der Waals surface area contributed by atoms with E-state index < -0.39 is 47.6 Å². The smallest absolute Gasteiger partial charge is 0.460 e. The van der Waals surface area contributed by atoms with E-state index in [1.165, 1.54) is 0 Å². The molecule has 1 amide bonds. The Morgan fingerprint density at radius 2 is 1.28 bits per heavy atom. The Balaban J connectivity index is 5.88. The number of carboxylic acids is 1. The van der Waals surface area contributed by atoms with Crippen molar-refractivity contribution < 1.29 is 58.9 Å². The van der Waals surface area contributed by atoms with E-state index in [4.69, 9.17) is 5.11 Å². The van der Waals surface area contributed by atoms with Gasteiger partial charge in [0.15, 0.2) is 0 Å². The summed E-state index contributed by atoms with van der Waals surface area (Å²) < 4.78 is 119. The number of carbonyl (C=O) groups is 2. The molecule has 1 unspecified atom stereocenters. The number of halogens is 9. The van der Waals surface area contributed by atoms with Crippen LogP contribution in [0.3, 0.4) is 0 Å². The molecule has 0 aromatic carbocycles. The summed E-state index contributed by atoms with van der Waals surface area (Å²) in [5.74, 6) is -24.0. The van der Waals surface area contributed by atoms with Crippen LogP contribution in [0.25, 0.3) is 0 Å². The first-order valence-corrected chi connectivity index (χ1v) is 6.11. The molecular formula is C11H12F9NO4. The largest absolute Gasteiger partial charge is 0.480 e. The van der Waals surface area contributed by atoms with Gasteiger partial charge in [0.1, 0.15) is 5.60 Å². The van der Waals surface area contributed by atoms with Gasteiger partial charge in [-0.3, -0.25) is 0 Å². The second-order valence-electron chi connectivity index (χ2n) is 5.69. The van der Waals surface area contributed by atoms with Crippen molar-refractivity contribution in [2.24, 2.45) is 0 Å². The van der Waals surface area contributed by atoms with Crippen LogP contribution in [0.2, 0.25) is 0 Å². The second-order valence-corrected chi connectivity index (χ2v) is 5.69. The number of hydrogen-bond donors (Lipinski definition) is 2. The van der Waals surface area contributed by atoms with Crippen molar-refractivity contribution in [3.63, 3.8) is 0 Å². The third kappa shape index (κ3) is 4.60. The van der Waals surface area contributed by atoms with Crippen molar-refractivity contribution in [2.75, 3.05) is 0 Å². The number of aliphatic carboxylic acids is 1. The Kier molecular flexibility index (Phi) is 5.95. The highest BCUT2D eigenvalue weighted by atomic mass is 19.4. The first-order valence-electron chi connectivity index (χ1n) is 6.11. The third-order valence-electron chi connectivity index (χ3n) is 2.44. The number of rotatable bonds is 5. The first-order chi connectivity index (χ1) is 10.7. The predicted molar refractivity (Wildman–Crippen MR) is 61.7 cm³/mol. The number of nitrogens with one attached hydrogen (secondary N) is 1.